The van der Waals surface area contributed by atoms with Crippen LogP contribution >= 0.6 is 0 Å². The van der Waals surface area contributed by atoms with Crippen LogP contribution in [0.15, 0.2) is 124 Å². The zero-order valence-electron chi connectivity index (χ0n) is 35.9. The number of hydrogen-bond acceptors (Lipinski definition) is 3. The molecule has 1 aliphatic rings. The molecule has 0 fully saturated rings. The molecule has 2 N–H and O–H groups in total. The van der Waals surface area contributed by atoms with Gasteiger partial charge in [-0.15, -0.1) is 0 Å². The van der Waals surface area contributed by atoms with Gasteiger partial charge in [0.15, 0.2) is 0 Å². The molecule has 0 saturated heterocycles. The van der Waals surface area contributed by atoms with Crippen molar-refractivity contribution >= 4 is 34.5 Å². The molecule has 286 valence electrons. The highest BCUT2D eigenvalue weighted by atomic mass is 16.3. The van der Waals surface area contributed by atoms with Crippen LogP contribution in [0.4, 0.5) is 5.69 Å². The molecule has 0 radical (unpaired) electrons. The van der Waals surface area contributed by atoms with Crippen LogP contribution in [0, 0.1) is 22.7 Å². The van der Waals surface area contributed by atoms with Gasteiger partial charge in [-0.3, -0.25) is 0 Å². The highest BCUT2D eigenvalue weighted by Gasteiger charge is 2.38. The van der Waals surface area contributed by atoms with E-state index in [1.54, 1.807) is 0 Å². The third-order valence-corrected chi connectivity index (χ3v) is 11.1. The lowest BCUT2D eigenvalue weighted by Gasteiger charge is -2.43. The van der Waals surface area contributed by atoms with Crippen molar-refractivity contribution < 1.29 is 4.42 Å². The standard InChI is InChI=1S/C50H67BN2O/c1-15-35-16-23-40(24-17-35)53-45(28-33(2)3)44(32-52-41-25-26-42(49(9,10)11)43(31-41)50(12,13)14)51(39-21-18-36(19-22-39)34(4)5)47-30-37-29-38(48(6,7)8)20-27-46(37)54-47/h16-31,34,42-43,52-53H,15,32H2,1-14H3/b45-44-. The second-order valence-electron chi connectivity index (χ2n) is 19.4. The summed E-state index contributed by atoms with van der Waals surface area (Å²) in [5.41, 5.74) is 13.1. The summed E-state index contributed by atoms with van der Waals surface area (Å²) in [4.78, 5) is 0. The normalized spacial score (nSPS) is 17.0. The van der Waals surface area contributed by atoms with E-state index in [2.05, 4.69) is 205 Å². The smallest absolute Gasteiger partial charge is 0.287 e. The third-order valence-electron chi connectivity index (χ3n) is 11.1. The molecule has 4 aromatic rings. The van der Waals surface area contributed by atoms with Crippen LogP contribution in [0.25, 0.3) is 11.0 Å². The molecule has 1 heterocycles. The Kier molecular flexibility index (Phi) is 12.4. The predicted octanol–water partition coefficient (Wildman–Crippen LogP) is 12.3. The van der Waals surface area contributed by atoms with Gasteiger partial charge in [0.05, 0.1) is 5.66 Å². The minimum Gasteiger partial charge on any atom is -0.470 e. The molecule has 1 aromatic heterocycles. The molecule has 4 heteroatoms. The molecule has 0 aliphatic heterocycles. The topological polar surface area (TPSA) is 37.2 Å². The average Bonchev–Trinajstić information content (AvgIpc) is 3.52. The Morgan fingerprint density at radius 2 is 1.46 bits per heavy atom. The Balaban J connectivity index is 1.73. The molecular formula is C50H67BN2O. The molecule has 1 aliphatic carbocycles. The molecule has 5 rings (SSSR count). The van der Waals surface area contributed by atoms with Crippen LogP contribution in [0.5, 0.6) is 0 Å². The number of fused-ring (bicyclic) bond motifs is 1. The van der Waals surface area contributed by atoms with Crippen LogP contribution in [0.2, 0.25) is 0 Å². The van der Waals surface area contributed by atoms with E-state index in [0.717, 1.165) is 34.4 Å². The Labute approximate surface area is 328 Å². The Bertz CT molecular complexity index is 2010. The zero-order chi connectivity index (χ0) is 39.6. The fourth-order valence-electron chi connectivity index (χ4n) is 7.72. The van der Waals surface area contributed by atoms with Crippen molar-refractivity contribution in [2.75, 3.05) is 11.9 Å². The fourth-order valence-corrected chi connectivity index (χ4v) is 7.72. The minimum absolute atomic E-state index is 0.0404. The van der Waals surface area contributed by atoms with E-state index in [1.165, 1.54) is 38.9 Å². The monoisotopic (exact) mass is 723 g/mol. The lowest BCUT2D eigenvalue weighted by atomic mass is 9.37. The average molecular weight is 723 g/mol. The third kappa shape index (κ3) is 9.92. The van der Waals surface area contributed by atoms with E-state index < -0.39 is 0 Å². The molecule has 0 bridgehead atoms. The van der Waals surface area contributed by atoms with Crippen molar-refractivity contribution in [2.24, 2.45) is 22.7 Å². The van der Waals surface area contributed by atoms with E-state index in [4.69, 9.17) is 4.42 Å². The van der Waals surface area contributed by atoms with Gasteiger partial charge in [0.25, 0.3) is 6.71 Å². The van der Waals surface area contributed by atoms with Crippen molar-refractivity contribution in [1.29, 1.82) is 0 Å². The van der Waals surface area contributed by atoms with Crippen LogP contribution in [-0.4, -0.2) is 13.3 Å². The minimum atomic E-state index is -0.147. The maximum atomic E-state index is 6.91. The van der Waals surface area contributed by atoms with Gasteiger partial charge in [-0.25, -0.2) is 0 Å². The van der Waals surface area contributed by atoms with E-state index in [-0.39, 0.29) is 23.0 Å². The van der Waals surface area contributed by atoms with Gasteiger partial charge in [-0.05, 0) is 119 Å². The SMILES string of the molecule is CCc1ccc(N/C(C=C(C)C)=C(/CNC2=CC(C(C)(C)C)C(C(C)(C)C)C=C2)B(c2ccc(C(C)C)cc2)c2cc3cc(C(C)(C)C)ccc3o2)cc1. The van der Waals surface area contributed by atoms with Gasteiger partial charge in [0.2, 0.25) is 0 Å². The number of nitrogens with one attached hydrogen (secondary N) is 2. The van der Waals surface area contributed by atoms with Crippen LogP contribution < -0.4 is 21.8 Å². The summed E-state index contributed by atoms with van der Waals surface area (Å²) in [5, 5.41) is 9.02. The second kappa shape index (κ2) is 16.3. The summed E-state index contributed by atoms with van der Waals surface area (Å²) in [6.45, 7) is 32.6. The van der Waals surface area contributed by atoms with E-state index in [0.29, 0.717) is 24.3 Å². The van der Waals surface area contributed by atoms with E-state index in [1.807, 2.05) is 0 Å². The number of allylic oxidation sites excluding steroid dienone is 5. The van der Waals surface area contributed by atoms with Gasteiger partial charge in [0.1, 0.15) is 5.58 Å². The maximum Gasteiger partial charge on any atom is 0.287 e. The summed E-state index contributed by atoms with van der Waals surface area (Å²) < 4.78 is 6.91. The van der Waals surface area contributed by atoms with E-state index >= 15 is 0 Å². The highest BCUT2D eigenvalue weighted by molar-refractivity contribution is 6.90. The molecule has 2 unspecified atom stereocenters. The van der Waals surface area contributed by atoms with Gasteiger partial charge >= 0.3 is 0 Å². The number of rotatable bonds is 11. The largest absolute Gasteiger partial charge is 0.470 e. The van der Waals surface area contributed by atoms with Gasteiger partial charge < -0.3 is 15.1 Å². The number of anilines is 1. The first kappa shape index (κ1) is 41.0. The molecule has 0 spiro atoms. The van der Waals surface area contributed by atoms with Crippen LogP contribution in [0.3, 0.4) is 0 Å². The number of furan rings is 1. The quantitative estimate of drug-likeness (QED) is 0.120. The lowest BCUT2D eigenvalue weighted by molar-refractivity contribution is 0.140. The predicted molar refractivity (Wildman–Crippen MR) is 237 cm³/mol. The van der Waals surface area contributed by atoms with Gasteiger partial charge in [-0.1, -0.05) is 149 Å². The zero-order valence-corrected chi connectivity index (χ0v) is 35.9. The molecule has 0 saturated carbocycles. The number of aryl methyl sites for hydroxylation is 1. The molecule has 3 nitrogen and oxygen atoms in total. The van der Waals surface area contributed by atoms with Crippen LogP contribution in [0.1, 0.15) is 120 Å². The Hall–Kier alpha value is -4.18. The summed E-state index contributed by atoms with van der Waals surface area (Å²) in [6, 6.07) is 27.0. The second-order valence-corrected chi connectivity index (χ2v) is 19.4. The van der Waals surface area contributed by atoms with Crippen molar-refractivity contribution in [2.45, 2.75) is 115 Å². The van der Waals surface area contributed by atoms with Gasteiger partial charge in [0, 0.05) is 29.0 Å². The summed E-state index contributed by atoms with van der Waals surface area (Å²) >= 11 is 0. The Morgan fingerprint density at radius 3 is 2.02 bits per heavy atom. The first-order valence-electron chi connectivity index (χ1n) is 20.3. The maximum absolute atomic E-state index is 6.91. The summed E-state index contributed by atoms with van der Waals surface area (Å²) in [6.07, 6.45) is 10.6. The number of benzene rings is 3. The molecule has 54 heavy (non-hydrogen) atoms. The van der Waals surface area contributed by atoms with Crippen molar-refractivity contribution in [3.05, 3.63) is 136 Å². The molecule has 3 aromatic carbocycles. The lowest BCUT2D eigenvalue weighted by Crippen LogP contribution is -2.47. The first-order chi connectivity index (χ1) is 25.2. The van der Waals surface area contributed by atoms with E-state index in [9.17, 15) is 0 Å². The fraction of sp³-hybridized carbons (Fsp3) is 0.440. The Morgan fingerprint density at radius 1 is 0.815 bits per heavy atom. The number of hydrogen-bond donors (Lipinski definition) is 2. The van der Waals surface area contributed by atoms with Crippen molar-refractivity contribution in [3.63, 3.8) is 0 Å². The van der Waals surface area contributed by atoms with Crippen molar-refractivity contribution in [3.8, 4) is 0 Å². The van der Waals surface area contributed by atoms with Crippen LogP contribution in [-0.2, 0) is 11.8 Å². The first-order valence-corrected chi connectivity index (χ1v) is 20.3. The summed E-state index contributed by atoms with van der Waals surface area (Å²) in [5.74, 6) is 1.30. The highest BCUT2D eigenvalue weighted by Crippen LogP contribution is 2.45. The molecule has 0 amide bonds. The molecular weight excluding hydrogens is 655 g/mol. The van der Waals surface area contributed by atoms with Gasteiger partial charge in [-0.2, -0.15) is 0 Å². The molecule has 2 atom stereocenters. The summed E-state index contributed by atoms with van der Waals surface area (Å²) in [7, 11) is 0. The van der Waals surface area contributed by atoms with Crippen molar-refractivity contribution in [1.82, 2.24) is 5.32 Å².